The van der Waals surface area contributed by atoms with E-state index >= 15 is 0 Å². The molecule has 0 bridgehead atoms. The number of rotatable bonds is 2. The lowest BCUT2D eigenvalue weighted by atomic mass is 9.84. The molecule has 0 amide bonds. The molecular formula is C16H24. The van der Waals surface area contributed by atoms with Crippen LogP contribution in [0.25, 0.3) is 0 Å². The fourth-order valence-corrected chi connectivity index (χ4v) is 2.74. The first-order valence-corrected chi connectivity index (χ1v) is 6.47. The van der Waals surface area contributed by atoms with Crippen LogP contribution in [0, 0.1) is 0 Å². The Labute approximate surface area is 100 Å². The second-order valence-electron chi connectivity index (χ2n) is 6.69. The molecule has 0 saturated heterocycles. The van der Waals surface area contributed by atoms with Crippen molar-refractivity contribution in [3.8, 4) is 0 Å². The van der Waals surface area contributed by atoms with Crippen LogP contribution in [-0.4, -0.2) is 0 Å². The van der Waals surface area contributed by atoms with E-state index < -0.39 is 0 Å². The zero-order chi connectivity index (χ0) is 12.1. The van der Waals surface area contributed by atoms with Crippen molar-refractivity contribution in [1.82, 2.24) is 0 Å². The monoisotopic (exact) mass is 216 g/mol. The van der Waals surface area contributed by atoms with Crippen LogP contribution < -0.4 is 0 Å². The Morgan fingerprint density at radius 2 is 1.75 bits per heavy atom. The molecule has 0 spiro atoms. The molecule has 0 nitrogen and oxygen atoms in total. The van der Waals surface area contributed by atoms with Gasteiger partial charge in [-0.05, 0) is 34.1 Å². The van der Waals surface area contributed by atoms with Crippen molar-refractivity contribution in [2.75, 3.05) is 0 Å². The van der Waals surface area contributed by atoms with Crippen molar-refractivity contribution in [2.45, 2.75) is 65.2 Å². The first kappa shape index (κ1) is 11.7. The molecule has 1 aromatic carbocycles. The van der Waals surface area contributed by atoms with E-state index in [1.54, 1.807) is 16.7 Å². The average molecular weight is 216 g/mol. The standard InChI is InChI=1S/C16H24/c1-7-8-11-9-12(15(2,3)4)14-13(10-11)16(14,5)6/h9-10H,7-8H2,1-6H3. The molecule has 2 rings (SSSR count). The van der Waals surface area contributed by atoms with Crippen LogP contribution in [0.3, 0.4) is 0 Å². The molecular weight excluding hydrogens is 192 g/mol. The molecule has 0 fully saturated rings. The van der Waals surface area contributed by atoms with E-state index in [2.05, 4.69) is 53.7 Å². The van der Waals surface area contributed by atoms with Gasteiger partial charge in [0.25, 0.3) is 0 Å². The van der Waals surface area contributed by atoms with Crippen LogP contribution in [0.2, 0.25) is 0 Å². The molecule has 0 aliphatic heterocycles. The van der Waals surface area contributed by atoms with Gasteiger partial charge in [0.2, 0.25) is 0 Å². The number of fused-ring (bicyclic) bond motifs is 1. The fourth-order valence-electron chi connectivity index (χ4n) is 2.74. The van der Waals surface area contributed by atoms with E-state index in [0.29, 0.717) is 5.41 Å². The summed E-state index contributed by atoms with van der Waals surface area (Å²) in [5, 5.41) is 0. The zero-order valence-electron chi connectivity index (χ0n) is 11.6. The van der Waals surface area contributed by atoms with Crippen molar-refractivity contribution < 1.29 is 0 Å². The van der Waals surface area contributed by atoms with Crippen LogP contribution in [0.15, 0.2) is 12.1 Å². The highest BCUT2D eigenvalue weighted by atomic mass is 14.5. The van der Waals surface area contributed by atoms with Gasteiger partial charge in [-0.25, -0.2) is 0 Å². The molecule has 0 saturated carbocycles. The Kier molecular flexibility index (Phi) is 2.45. The number of hydrogen-bond acceptors (Lipinski definition) is 0. The molecule has 0 unspecified atom stereocenters. The topological polar surface area (TPSA) is 0 Å². The Morgan fingerprint density at radius 3 is 2.25 bits per heavy atom. The van der Waals surface area contributed by atoms with Gasteiger partial charge in [0.1, 0.15) is 0 Å². The molecule has 0 heterocycles. The van der Waals surface area contributed by atoms with Crippen molar-refractivity contribution in [3.05, 3.63) is 34.4 Å². The smallest absolute Gasteiger partial charge is 0.0155 e. The summed E-state index contributed by atoms with van der Waals surface area (Å²) in [4.78, 5) is 0. The van der Waals surface area contributed by atoms with Gasteiger partial charge in [0, 0.05) is 5.41 Å². The van der Waals surface area contributed by atoms with Crippen molar-refractivity contribution >= 4 is 0 Å². The highest BCUT2D eigenvalue weighted by molar-refractivity contribution is 5.64. The third-order valence-electron chi connectivity index (χ3n) is 3.78. The van der Waals surface area contributed by atoms with Gasteiger partial charge in [-0.2, -0.15) is 0 Å². The molecule has 1 aliphatic carbocycles. The third-order valence-corrected chi connectivity index (χ3v) is 3.78. The van der Waals surface area contributed by atoms with Crippen LogP contribution in [-0.2, 0) is 17.3 Å². The van der Waals surface area contributed by atoms with E-state index in [1.165, 1.54) is 18.4 Å². The van der Waals surface area contributed by atoms with E-state index in [4.69, 9.17) is 0 Å². The minimum absolute atomic E-state index is 0.279. The second kappa shape index (κ2) is 3.35. The average Bonchev–Trinajstić information content (AvgIpc) is 2.67. The largest absolute Gasteiger partial charge is 0.0651 e. The summed E-state index contributed by atoms with van der Waals surface area (Å²) in [6, 6.07) is 4.87. The van der Waals surface area contributed by atoms with E-state index in [9.17, 15) is 0 Å². The quantitative estimate of drug-likeness (QED) is 0.679. The molecule has 88 valence electrons. The number of benzene rings is 1. The first-order chi connectivity index (χ1) is 7.28. The Balaban J connectivity index is 2.51. The Morgan fingerprint density at radius 1 is 1.12 bits per heavy atom. The molecule has 0 radical (unpaired) electrons. The normalized spacial score (nSPS) is 17.1. The first-order valence-electron chi connectivity index (χ1n) is 6.47. The maximum absolute atomic E-state index is 2.44. The molecule has 1 aromatic rings. The maximum atomic E-state index is 2.44. The molecule has 0 heteroatoms. The maximum Gasteiger partial charge on any atom is 0.0155 e. The van der Waals surface area contributed by atoms with Gasteiger partial charge in [0.15, 0.2) is 0 Å². The lowest BCUT2D eigenvalue weighted by Crippen LogP contribution is -2.13. The predicted octanol–water partition coefficient (Wildman–Crippen LogP) is 4.58. The van der Waals surface area contributed by atoms with E-state index in [-0.39, 0.29) is 5.41 Å². The third kappa shape index (κ3) is 1.69. The summed E-state index contributed by atoms with van der Waals surface area (Å²) >= 11 is 0. The summed E-state index contributed by atoms with van der Waals surface area (Å²) in [5.41, 5.74) is 6.91. The van der Waals surface area contributed by atoms with Gasteiger partial charge in [-0.15, -0.1) is 0 Å². The SMILES string of the molecule is CCCc1cc(C(C)(C)C)c2c(c1)C2(C)C. The number of aryl methyl sites for hydroxylation is 1. The van der Waals surface area contributed by atoms with E-state index in [1.807, 2.05) is 0 Å². The molecule has 0 atom stereocenters. The van der Waals surface area contributed by atoms with Crippen LogP contribution in [0.1, 0.15) is 70.2 Å². The van der Waals surface area contributed by atoms with Crippen LogP contribution in [0.5, 0.6) is 0 Å². The summed E-state index contributed by atoms with van der Waals surface area (Å²) < 4.78 is 0. The lowest BCUT2D eigenvalue weighted by molar-refractivity contribution is 0.581. The summed E-state index contributed by atoms with van der Waals surface area (Å²) in [7, 11) is 0. The molecule has 1 aliphatic rings. The van der Waals surface area contributed by atoms with Gasteiger partial charge < -0.3 is 0 Å². The second-order valence-corrected chi connectivity index (χ2v) is 6.69. The highest BCUT2D eigenvalue weighted by Gasteiger charge is 2.45. The lowest BCUT2D eigenvalue weighted by Gasteiger charge is -2.20. The molecule has 0 aromatic heterocycles. The van der Waals surface area contributed by atoms with E-state index in [0.717, 1.165) is 0 Å². The molecule has 0 N–H and O–H groups in total. The Hall–Kier alpha value is -0.780. The minimum Gasteiger partial charge on any atom is -0.0651 e. The fraction of sp³-hybridized carbons (Fsp3) is 0.625. The Bertz CT molecular complexity index is 416. The number of hydrogen-bond donors (Lipinski definition) is 0. The van der Waals surface area contributed by atoms with Crippen molar-refractivity contribution in [1.29, 1.82) is 0 Å². The minimum atomic E-state index is 0.279. The summed E-state index contributed by atoms with van der Waals surface area (Å²) in [6.45, 7) is 13.9. The van der Waals surface area contributed by atoms with Gasteiger partial charge >= 0.3 is 0 Å². The van der Waals surface area contributed by atoms with Gasteiger partial charge in [-0.1, -0.05) is 60.1 Å². The van der Waals surface area contributed by atoms with Gasteiger partial charge in [-0.3, -0.25) is 0 Å². The predicted molar refractivity (Wildman–Crippen MR) is 71.3 cm³/mol. The summed E-state index contributed by atoms with van der Waals surface area (Å²) in [6.07, 6.45) is 2.45. The molecule has 16 heavy (non-hydrogen) atoms. The highest BCUT2D eigenvalue weighted by Crippen LogP contribution is 2.54. The van der Waals surface area contributed by atoms with Gasteiger partial charge in [0.05, 0.1) is 0 Å². The van der Waals surface area contributed by atoms with Crippen LogP contribution in [0.4, 0.5) is 0 Å². The summed E-state index contributed by atoms with van der Waals surface area (Å²) in [5.74, 6) is 0. The van der Waals surface area contributed by atoms with Crippen LogP contribution >= 0.6 is 0 Å². The zero-order valence-corrected chi connectivity index (χ0v) is 11.6. The van der Waals surface area contributed by atoms with Crippen molar-refractivity contribution in [3.63, 3.8) is 0 Å². The van der Waals surface area contributed by atoms with Crippen molar-refractivity contribution in [2.24, 2.45) is 0 Å².